The smallest absolute Gasteiger partial charge is 0.336 e. The Morgan fingerprint density at radius 1 is 0.818 bits per heavy atom. The van der Waals surface area contributed by atoms with Crippen LogP contribution in [0, 0.1) is 0 Å². The molecule has 8 heteroatoms. The lowest BCUT2D eigenvalue weighted by atomic mass is 9.77. The van der Waals surface area contributed by atoms with Crippen LogP contribution in [0.5, 0.6) is 5.75 Å². The maximum absolute atomic E-state index is 13.4. The molecule has 1 aromatic rings. The standard InChI is InChI=1S/C36H58N2O6/c1-6-8-9-10-11-12-13-14-15-16-17-18-19-21-28-22-20-23-30(44-7-2)32(28)34-31(35(39)41-4)27(3)38-29(26-43-25-24-37)33(34)36(40)42-5/h20,22-23,34,38H,6-19,21,24-26,37H2,1-5H3. The number of benzene rings is 1. The molecule has 1 heterocycles. The molecule has 1 unspecified atom stereocenters. The first-order valence-corrected chi connectivity index (χ1v) is 16.8. The summed E-state index contributed by atoms with van der Waals surface area (Å²) in [6.45, 7) is 7.25. The molecule has 1 aliphatic heterocycles. The van der Waals surface area contributed by atoms with Gasteiger partial charge in [0.2, 0.25) is 0 Å². The van der Waals surface area contributed by atoms with Crippen LogP contribution < -0.4 is 15.8 Å². The third-order valence-corrected chi connectivity index (χ3v) is 8.26. The number of aryl methyl sites for hydroxylation is 1. The van der Waals surface area contributed by atoms with Crippen LogP contribution in [-0.4, -0.2) is 52.5 Å². The molecule has 0 radical (unpaired) electrons. The van der Waals surface area contributed by atoms with Gasteiger partial charge in [-0.25, -0.2) is 9.59 Å². The highest BCUT2D eigenvalue weighted by atomic mass is 16.5. The Labute approximate surface area is 266 Å². The molecule has 2 rings (SSSR count). The molecule has 0 saturated heterocycles. The first-order chi connectivity index (χ1) is 21.4. The Bertz CT molecular complexity index is 1080. The Balaban J connectivity index is 2.24. The molecular weight excluding hydrogens is 556 g/mol. The van der Waals surface area contributed by atoms with E-state index >= 15 is 0 Å². The lowest BCUT2D eigenvalue weighted by molar-refractivity contribution is -0.137. The fraction of sp³-hybridized carbons (Fsp3) is 0.667. The summed E-state index contributed by atoms with van der Waals surface area (Å²) in [7, 11) is 2.70. The van der Waals surface area contributed by atoms with Gasteiger partial charge in [-0.15, -0.1) is 0 Å². The average molecular weight is 615 g/mol. The number of carbonyl (C=O) groups excluding carboxylic acids is 2. The third-order valence-electron chi connectivity index (χ3n) is 8.26. The highest BCUT2D eigenvalue weighted by Crippen LogP contribution is 2.45. The van der Waals surface area contributed by atoms with Gasteiger partial charge in [0, 0.05) is 17.8 Å². The van der Waals surface area contributed by atoms with Crippen LogP contribution in [0.2, 0.25) is 0 Å². The van der Waals surface area contributed by atoms with Crippen molar-refractivity contribution in [3.8, 4) is 5.75 Å². The summed E-state index contributed by atoms with van der Waals surface area (Å²) in [5.41, 5.74) is 9.30. The fourth-order valence-corrected chi connectivity index (χ4v) is 6.04. The number of esters is 2. The maximum Gasteiger partial charge on any atom is 0.336 e. The normalized spacial score (nSPS) is 14.9. The van der Waals surface area contributed by atoms with E-state index in [-0.39, 0.29) is 6.61 Å². The van der Waals surface area contributed by atoms with E-state index in [1.807, 2.05) is 26.0 Å². The Kier molecular flexibility index (Phi) is 18.5. The van der Waals surface area contributed by atoms with Crippen LogP contribution in [0.4, 0.5) is 0 Å². The van der Waals surface area contributed by atoms with Gasteiger partial charge in [-0.3, -0.25) is 0 Å². The summed E-state index contributed by atoms with van der Waals surface area (Å²) in [6, 6.07) is 5.95. The van der Waals surface area contributed by atoms with Crippen LogP contribution in [-0.2, 0) is 30.2 Å². The monoisotopic (exact) mass is 614 g/mol. The molecule has 8 nitrogen and oxygen atoms in total. The van der Waals surface area contributed by atoms with Gasteiger partial charge in [0.05, 0.1) is 56.8 Å². The molecule has 0 saturated carbocycles. The number of allylic oxidation sites excluding steroid dienone is 1. The van der Waals surface area contributed by atoms with Gasteiger partial charge in [0.25, 0.3) is 0 Å². The first-order valence-electron chi connectivity index (χ1n) is 16.8. The fourth-order valence-electron chi connectivity index (χ4n) is 6.04. The molecular formula is C36H58N2O6. The van der Waals surface area contributed by atoms with Gasteiger partial charge >= 0.3 is 11.9 Å². The lowest BCUT2D eigenvalue weighted by Crippen LogP contribution is -2.35. The van der Waals surface area contributed by atoms with Gasteiger partial charge in [0.1, 0.15) is 5.75 Å². The number of ether oxygens (including phenoxy) is 4. The van der Waals surface area contributed by atoms with Crippen molar-refractivity contribution in [2.24, 2.45) is 5.73 Å². The van der Waals surface area contributed by atoms with Gasteiger partial charge < -0.3 is 30.0 Å². The average Bonchev–Trinajstić information content (AvgIpc) is 3.02. The van der Waals surface area contributed by atoms with Gasteiger partial charge in [-0.05, 0) is 38.3 Å². The zero-order valence-corrected chi connectivity index (χ0v) is 28.1. The number of hydrogen-bond donors (Lipinski definition) is 2. The van der Waals surface area contributed by atoms with E-state index in [1.54, 1.807) is 0 Å². The van der Waals surface area contributed by atoms with Crippen molar-refractivity contribution in [2.75, 3.05) is 40.6 Å². The number of unbranched alkanes of at least 4 members (excludes halogenated alkanes) is 12. The van der Waals surface area contributed by atoms with E-state index in [0.717, 1.165) is 30.4 Å². The number of nitrogens with two attached hydrogens (primary N) is 1. The van der Waals surface area contributed by atoms with Gasteiger partial charge in [0.15, 0.2) is 0 Å². The molecule has 0 aliphatic carbocycles. The highest BCUT2D eigenvalue weighted by Gasteiger charge is 2.41. The summed E-state index contributed by atoms with van der Waals surface area (Å²) in [5, 5.41) is 3.22. The Morgan fingerprint density at radius 2 is 1.39 bits per heavy atom. The molecule has 0 amide bonds. The molecule has 1 aromatic carbocycles. The second kappa shape index (κ2) is 21.8. The number of nitrogens with one attached hydrogen (secondary N) is 1. The van der Waals surface area contributed by atoms with Crippen LogP contribution in [0.15, 0.2) is 40.7 Å². The van der Waals surface area contributed by atoms with Crippen LogP contribution in [0.1, 0.15) is 121 Å². The highest BCUT2D eigenvalue weighted by molar-refractivity contribution is 6.00. The van der Waals surface area contributed by atoms with Crippen molar-refractivity contribution in [3.05, 3.63) is 51.9 Å². The molecule has 0 fully saturated rings. The lowest BCUT2D eigenvalue weighted by Gasteiger charge is -2.33. The SMILES string of the molecule is CCCCCCCCCCCCCCCc1cccc(OCC)c1C1C(C(=O)OC)=C(C)NC(COCCN)=C1C(=O)OC. The minimum Gasteiger partial charge on any atom is -0.494 e. The van der Waals surface area contributed by atoms with E-state index in [4.69, 9.17) is 24.7 Å². The summed E-state index contributed by atoms with van der Waals surface area (Å²) in [6.07, 6.45) is 17.5. The topological polar surface area (TPSA) is 109 Å². The second-order valence-electron chi connectivity index (χ2n) is 11.6. The summed E-state index contributed by atoms with van der Waals surface area (Å²) >= 11 is 0. The van der Waals surface area contributed by atoms with E-state index < -0.39 is 17.9 Å². The predicted octanol–water partition coefficient (Wildman–Crippen LogP) is 7.26. The summed E-state index contributed by atoms with van der Waals surface area (Å²) in [4.78, 5) is 26.7. The van der Waals surface area contributed by atoms with E-state index in [0.29, 0.717) is 48.0 Å². The molecule has 1 aliphatic rings. The quantitative estimate of drug-likeness (QED) is 0.0980. The van der Waals surface area contributed by atoms with E-state index in [2.05, 4.69) is 18.3 Å². The van der Waals surface area contributed by atoms with Gasteiger partial charge in [-0.1, -0.05) is 96.1 Å². The van der Waals surface area contributed by atoms with E-state index in [1.165, 1.54) is 84.8 Å². The van der Waals surface area contributed by atoms with Crippen molar-refractivity contribution in [1.29, 1.82) is 0 Å². The molecule has 248 valence electrons. The Morgan fingerprint density at radius 3 is 1.93 bits per heavy atom. The molecule has 0 spiro atoms. The largest absolute Gasteiger partial charge is 0.494 e. The zero-order valence-electron chi connectivity index (χ0n) is 28.1. The summed E-state index contributed by atoms with van der Waals surface area (Å²) < 4.78 is 22.4. The van der Waals surface area contributed by atoms with Crippen LogP contribution in [0.25, 0.3) is 0 Å². The summed E-state index contributed by atoms with van der Waals surface area (Å²) in [5.74, 6) is -1.15. The van der Waals surface area contributed by atoms with Crippen LogP contribution >= 0.6 is 0 Å². The Hall–Kier alpha value is -2.84. The van der Waals surface area contributed by atoms with Crippen molar-refractivity contribution in [3.63, 3.8) is 0 Å². The number of hydrogen-bond acceptors (Lipinski definition) is 8. The number of carbonyl (C=O) groups is 2. The molecule has 0 bridgehead atoms. The first kappa shape index (κ1) is 37.3. The third kappa shape index (κ3) is 11.6. The zero-order chi connectivity index (χ0) is 32.2. The molecule has 1 atom stereocenters. The predicted molar refractivity (Wildman–Crippen MR) is 177 cm³/mol. The molecule has 44 heavy (non-hydrogen) atoms. The number of methoxy groups -OCH3 is 2. The van der Waals surface area contributed by atoms with Crippen molar-refractivity contribution >= 4 is 11.9 Å². The number of dihydropyridines is 1. The number of rotatable bonds is 23. The minimum absolute atomic E-state index is 0.120. The molecule has 3 N–H and O–H groups in total. The second-order valence-corrected chi connectivity index (χ2v) is 11.6. The minimum atomic E-state index is -0.743. The van der Waals surface area contributed by atoms with Crippen molar-refractivity contribution < 1.29 is 28.5 Å². The maximum atomic E-state index is 13.4. The van der Waals surface area contributed by atoms with Crippen molar-refractivity contribution in [2.45, 2.75) is 117 Å². The van der Waals surface area contributed by atoms with Gasteiger partial charge in [-0.2, -0.15) is 0 Å². The van der Waals surface area contributed by atoms with E-state index in [9.17, 15) is 9.59 Å². The van der Waals surface area contributed by atoms with Crippen LogP contribution in [0.3, 0.4) is 0 Å². The molecule has 0 aromatic heterocycles. The van der Waals surface area contributed by atoms with Crippen molar-refractivity contribution in [1.82, 2.24) is 5.32 Å².